The number of sulfonamides is 1. The first-order valence-electron chi connectivity index (χ1n) is 7.29. The van der Waals surface area contributed by atoms with Crippen molar-refractivity contribution in [3.05, 3.63) is 35.1 Å². The molecule has 8 nitrogen and oxygen atoms in total. The van der Waals surface area contributed by atoms with Crippen LogP contribution in [0.15, 0.2) is 34.3 Å². The van der Waals surface area contributed by atoms with Crippen molar-refractivity contribution in [1.82, 2.24) is 24.8 Å². The van der Waals surface area contributed by atoms with Crippen molar-refractivity contribution in [2.45, 2.75) is 17.0 Å². The average Bonchev–Trinajstić information content (AvgIpc) is 2.97. The van der Waals surface area contributed by atoms with Crippen LogP contribution >= 0.6 is 23.4 Å². The van der Waals surface area contributed by atoms with Crippen molar-refractivity contribution in [1.29, 1.82) is 0 Å². The monoisotopic (exact) mass is 403 g/mol. The van der Waals surface area contributed by atoms with Crippen LogP contribution in [0.4, 0.5) is 0 Å². The smallest absolute Gasteiger partial charge is 0.243 e. The van der Waals surface area contributed by atoms with E-state index in [1.54, 1.807) is 6.92 Å². The van der Waals surface area contributed by atoms with Crippen LogP contribution in [-0.4, -0.2) is 59.7 Å². The van der Waals surface area contributed by atoms with E-state index in [-0.39, 0.29) is 17.3 Å². The van der Waals surface area contributed by atoms with Crippen LogP contribution in [0, 0.1) is 6.92 Å². The molecule has 2 aromatic rings. The number of halogens is 1. The number of likely N-dealkylation sites (N-methyl/N-ethyl adjacent to an activating group) is 1. The molecule has 25 heavy (non-hydrogen) atoms. The molecular formula is C14H18ClN5O3S2. The van der Waals surface area contributed by atoms with Gasteiger partial charge in [-0.15, -0.1) is 5.10 Å². The zero-order valence-electron chi connectivity index (χ0n) is 13.7. The van der Waals surface area contributed by atoms with Gasteiger partial charge < -0.3 is 5.32 Å². The van der Waals surface area contributed by atoms with Crippen LogP contribution in [0.1, 0.15) is 5.82 Å². The Balaban J connectivity index is 1.79. The number of rotatable bonds is 8. The molecule has 0 atom stereocenters. The number of aromatic amines is 1. The van der Waals surface area contributed by atoms with Crippen LogP contribution in [-0.2, 0) is 14.8 Å². The number of carbonyl (C=O) groups is 1. The average molecular weight is 404 g/mol. The summed E-state index contributed by atoms with van der Waals surface area (Å²) >= 11 is 7.15. The maximum Gasteiger partial charge on any atom is 0.243 e. The van der Waals surface area contributed by atoms with E-state index in [2.05, 4.69) is 20.5 Å². The Labute approximate surface area is 155 Å². The molecule has 2 N–H and O–H groups in total. The zero-order chi connectivity index (χ0) is 18.4. The highest BCUT2D eigenvalue weighted by Gasteiger charge is 2.22. The quantitative estimate of drug-likeness (QED) is 0.508. The predicted octanol–water partition coefficient (Wildman–Crippen LogP) is 1.30. The summed E-state index contributed by atoms with van der Waals surface area (Å²) in [7, 11) is -2.38. The van der Waals surface area contributed by atoms with Gasteiger partial charge in [0, 0.05) is 24.4 Å². The van der Waals surface area contributed by atoms with Crippen molar-refractivity contribution < 1.29 is 13.2 Å². The van der Waals surface area contributed by atoms with Crippen molar-refractivity contribution in [2.24, 2.45) is 0 Å². The van der Waals surface area contributed by atoms with E-state index < -0.39 is 10.0 Å². The van der Waals surface area contributed by atoms with Gasteiger partial charge in [0.05, 0.1) is 11.4 Å². The zero-order valence-corrected chi connectivity index (χ0v) is 16.1. The third-order valence-corrected chi connectivity index (χ3v) is 6.04. The molecule has 0 bridgehead atoms. The fraction of sp³-hybridized carbons (Fsp3) is 0.357. The molecule has 0 aliphatic carbocycles. The highest BCUT2D eigenvalue weighted by molar-refractivity contribution is 7.99. The van der Waals surface area contributed by atoms with E-state index >= 15 is 0 Å². The lowest BCUT2D eigenvalue weighted by Gasteiger charge is -2.16. The highest BCUT2D eigenvalue weighted by atomic mass is 35.5. The predicted molar refractivity (Wildman–Crippen MR) is 96.1 cm³/mol. The molecule has 136 valence electrons. The van der Waals surface area contributed by atoms with Crippen molar-refractivity contribution in [2.75, 3.05) is 25.9 Å². The number of carbonyl (C=O) groups excluding carboxylic acids is 1. The minimum atomic E-state index is -3.74. The highest BCUT2D eigenvalue weighted by Crippen LogP contribution is 2.17. The van der Waals surface area contributed by atoms with Gasteiger partial charge in [0.15, 0.2) is 0 Å². The van der Waals surface area contributed by atoms with Gasteiger partial charge in [-0.1, -0.05) is 23.4 Å². The molecule has 1 heterocycles. The molecule has 0 aliphatic rings. The van der Waals surface area contributed by atoms with Crippen LogP contribution in [0.5, 0.6) is 0 Å². The standard InChI is InChI=1S/C14H18ClN5O3S2/c1-10-17-14(19-18-10)24-8-7-16-13(21)9-20(2)25(22,23)12-5-3-11(15)4-6-12/h3-6H,7-9H2,1-2H3,(H,16,21)(H,17,18,19). The van der Waals surface area contributed by atoms with E-state index in [9.17, 15) is 13.2 Å². The number of H-pyrrole nitrogens is 1. The van der Waals surface area contributed by atoms with Crippen LogP contribution < -0.4 is 5.32 Å². The lowest BCUT2D eigenvalue weighted by atomic mass is 10.4. The molecule has 0 saturated carbocycles. The SMILES string of the molecule is Cc1nc(SCCNC(=O)CN(C)S(=O)(=O)c2ccc(Cl)cc2)n[nH]1. The molecule has 0 saturated heterocycles. The maximum atomic E-state index is 12.4. The Morgan fingerprint density at radius 1 is 1.36 bits per heavy atom. The lowest BCUT2D eigenvalue weighted by Crippen LogP contribution is -2.39. The first kappa shape index (κ1) is 19.7. The van der Waals surface area contributed by atoms with Crippen molar-refractivity contribution in [3.63, 3.8) is 0 Å². The van der Waals surface area contributed by atoms with Gasteiger partial charge in [-0.3, -0.25) is 9.89 Å². The summed E-state index contributed by atoms with van der Waals surface area (Å²) in [6, 6.07) is 5.79. The summed E-state index contributed by atoms with van der Waals surface area (Å²) in [4.78, 5) is 16.1. The molecule has 0 spiro atoms. The fourth-order valence-corrected chi connectivity index (χ4v) is 3.80. The summed E-state index contributed by atoms with van der Waals surface area (Å²) in [5.41, 5.74) is 0. The minimum Gasteiger partial charge on any atom is -0.354 e. The first-order valence-corrected chi connectivity index (χ1v) is 10.1. The largest absolute Gasteiger partial charge is 0.354 e. The Morgan fingerprint density at radius 3 is 2.64 bits per heavy atom. The van der Waals surface area contributed by atoms with Gasteiger partial charge in [-0.2, -0.15) is 4.31 Å². The van der Waals surface area contributed by atoms with Gasteiger partial charge in [-0.05, 0) is 31.2 Å². The van der Waals surface area contributed by atoms with Crippen molar-refractivity contribution >= 4 is 39.3 Å². The van der Waals surface area contributed by atoms with Crippen LogP contribution in [0.25, 0.3) is 0 Å². The Kier molecular flexibility index (Phi) is 6.82. The molecule has 11 heteroatoms. The van der Waals surface area contributed by atoms with E-state index in [0.29, 0.717) is 22.5 Å². The summed E-state index contributed by atoms with van der Waals surface area (Å²) in [6.45, 7) is 1.91. The molecule has 0 aliphatic heterocycles. The number of amides is 1. The summed E-state index contributed by atoms with van der Waals surface area (Å²) in [5, 5.41) is 10.4. The number of thioether (sulfide) groups is 1. The number of aryl methyl sites for hydroxylation is 1. The summed E-state index contributed by atoms with van der Waals surface area (Å²) in [5.74, 6) is 0.920. The van der Waals surface area contributed by atoms with Gasteiger partial charge >= 0.3 is 0 Å². The molecule has 1 amide bonds. The van der Waals surface area contributed by atoms with E-state index in [4.69, 9.17) is 11.6 Å². The second-order valence-corrected chi connectivity index (χ2v) is 8.66. The number of nitrogens with zero attached hydrogens (tertiary/aromatic N) is 3. The molecule has 0 unspecified atom stereocenters. The van der Waals surface area contributed by atoms with Gasteiger partial charge in [0.25, 0.3) is 0 Å². The van der Waals surface area contributed by atoms with Crippen molar-refractivity contribution in [3.8, 4) is 0 Å². The first-order chi connectivity index (χ1) is 11.8. The number of aromatic nitrogens is 3. The third-order valence-electron chi connectivity index (χ3n) is 3.12. The van der Waals surface area contributed by atoms with E-state index in [1.807, 2.05) is 0 Å². The lowest BCUT2D eigenvalue weighted by molar-refractivity contribution is -0.121. The fourth-order valence-electron chi connectivity index (χ4n) is 1.85. The summed E-state index contributed by atoms with van der Waals surface area (Å²) < 4.78 is 25.7. The molecule has 1 aromatic carbocycles. The van der Waals surface area contributed by atoms with E-state index in [0.717, 1.165) is 10.1 Å². The number of hydrogen-bond donors (Lipinski definition) is 2. The normalized spacial score (nSPS) is 11.7. The minimum absolute atomic E-state index is 0.0859. The Morgan fingerprint density at radius 2 is 2.04 bits per heavy atom. The molecule has 0 radical (unpaired) electrons. The molecule has 1 aromatic heterocycles. The van der Waals surface area contributed by atoms with E-state index in [1.165, 1.54) is 43.1 Å². The second kappa shape index (κ2) is 8.65. The van der Waals surface area contributed by atoms with Gasteiger partial charge in [0.1, 0.15) is 5.82 Å². The topological polar surface area (TPSA) is 108 Å². The number of nitrogens with one attached hydrogen (secondary N) is 2. The molecule has 2 rings (SSSR count). The second-order valence-electron chi connectivity index (χ2n) is 5.12. The summed E-state index contributed by atoms with van der Waals surface area (Å²) in [6.07, 6.45) is 0. The third kappa shape index (κ3) is 5.70. The molecular weight excluding hydrogens is 386 g/mol. The maximum absolute atomic E-state index is 12.4. The van der Waals surface area contributed by atoms with Crippen LogP contribution in [0.3, 0.4) is 0 Å². The Hall–Kier alpha value is -1.62. The number of benzene rings is 1. The van der Waals surface area contributed by atoms with Gasteiger partial charge in [-0.25, -0.2) is 13.4 Å². The van der Waals surface area contributed by atoms with Crippen LogP contribution in [0.2, 0.25) is 5.02 Å². The number of hydrogen-bond acceptors (Lipinski definition) is 6. The molecule has 0 fully saturated rings. The van der Waals surface area contributed by atoms with Gasteiger partial charge in [0.2, 0.25) is 21.1 Å². The Bertz CT molecular complexity index is 823.